The molecular weight excluding hydrogens is 360 g/mol. The lowest BCUT2D eigenvalue weighted by Gasteiger charge is -2.39. The summed E-state index contributed by atoms with van der Waals surface area (Å²) in [7, 11) is -3.59. The molecule has 1 saturated heterocycles. The van der Waals surface area contributed by atoms with E-state index in [9.17, 15) is 13.2 Å². The third kappa shape index (κ3) is 3.79. The van der Waals surface area contributed by atoms with Crippen molar-refractivity contribution < 1.29 is 13.2 Å². The maximum absolute atomic E-state index is 13.6. The highest BCUT2D eigenvalue weighted by Crippen LogP contribution is 2.34. The first-order valence-corrected chi connectivity index (χ1v) is 11.9. The van der Waals surface area contributed by atoms with E-state index in [-0.39, 0.29) is 17.9 Å². The van der Waals surface area contributed by atoms with Crippen LogP contribution in [-0.4, -0.2) is 37.8 Å². The highest BCUT2D eigenvalue weighted by molar-refractivity contribution is 7.89. The summed E-state index contributed by atoms with van der Waals surface area (Å²) in [5.41, 5.74) is 2.46. The molecule has 2 aliphatic carbocycles. The molecule has 0 spiro atoms. The first kappa shape index (κ1) is 18.9. The molecule has 3 aliphatic rings. The van der Waals surface area contributed by atoms with E-state index >= 15 is 0 Å². The van der Waals surface area contributed by atoms with Crippen LogP contribution in [0.1, 0.15) is 62.5 Å². The summed E-state index contributed by atoms with van der Waals surface area (Å²) in [5.74, 6) is -0.184. The van der Waals surface area contributed by atoms with Crippen LogP contribution in [0, 0.1) is 5.92 Å². The number of rotatable bonds is 2. The normalized spacial score (nSPS) is 27.5. The van der Waals surface area contributed by atoms with E-state index < -0.39 is 10.0 Å². The van der Waals surface area contributed by atoms with Crippen molar-refractivity contribution in [2.75, 3.05) is 13.1 Å². The number of hydrogen-bond acceptors (Lipinski definition) is 3. The topological polar surface area (TPSA) is 66.5 Å². The van der Waals surface area contributed by atoms with E-state index in [1.807, 2.05) is 12.1 Å². The van der Waals surface area contributed by atoms with Crippen LogP contribution in [0.2, 0.25) is 0 Å². The quantitative estimate of drug-likeness (QED) is 0.844. The van der Waals surface area contributed by atoms with Crippen LogP contribution in [-0.2, 0) is 27.7 Å². The first-order valence-electron chi connectivity index (χ1n) is 10.5. The first-order chi connectivity index (χ1) is 13.1. The molecule has 2 fully saturated rings. The molecule has 1 amide bonds. The van der Waals surface area contributed by atoms with Crippen molar-refractivity contribution in [3.8, 4) is 0 Å². The van der Waals surface area contributed by atoms with E-state index in [2.05, 4.69) is 5.32 Å². The van der Waals surface area contributed by atoms with Crippen LogP contribution in [0.3, 0.4) is 0 Å². The van der Waals surface area contributed by atoms with Crippen molar-refractivity contribution in [3.63, 3.8) is 0 Å². The molecule has 0 unspecified atom stereocenters. The highest BCUT2D eigenvalue weighted by Gasteiger charge is 2.40. The predicted octanol–water partition coefficient (Wildman–Crippen LogP) is 3.02. The van der Waals surface area contributed by atoms with Gasteiger partial charge in [-0.15, -0.1) is 0 Å². The number of benzene rings is 1. The Balaban J connectivity index is 1.69. The second-order valence-electron chi connectivity index (χ2n) is 8.21. The number of aryl methyl sites for hydroxylation is 2. The number of nitrogens with one attached hydrogen (secondary N) is 1. The summed E-state index contributed by atoms with van der Waals surface area (Å²) < 4.78 is 28.9. The largest absolute Gasteiger partial charge is 0.356 e. The second-order valence-corrected chi connectivity index (χ2v) is 10.1. The maximum atomic E-state index is 13.6. The van der Waals surface area contributed by atoms with Gasteiger partial charge in [-0.2, -0.15) is 4.31 Å². The van der Waals surface area contributed by atoms with Crippen molar-refractivity contribution in [1.29, 1.82) is 0 Å². The zero-order valence-electron chi connectivity index (χ0n) is 16.0. The van der Waals surface area contributed by atoms with E-state index in [0.29, 0.717) is 18.0 Å². The molecule has 1 aliphatic heterocycles. The lowest BCUT2D eigenvalue weighted by molar-refractivity contribution is -0.127. The number of carbonyl (C=O) groups is 1. The number of amides is 1. The fraction of sp³-hybridized carbons (Fsp3) is 0.667. The standard InChI is InChI=1S/C21H30N2O3S/c24-21-19-9-2-3-10-20(19)23(14-5-1-4-13-22-21)27(25,26)18-12-11-16-7-6-8-17(16)15-18/h11-12,15,19-20H,1-10,13-14H2,(H,22,24)/t19-,20+/m1/s1. The van der Waals surface area contributed by atoms with Crippen molar-refractivity contribution in [2.45, 2.75) is 75.1 Å². The molecule has 1 heterocycles. The van der Waals surface area contributed by atoms with Crippen LogP contribution < -0.4 is 5.32 Å². The summed E-state index contributed by atoms with van der Waals surface area (Å²) in [6, 6.07) is 5.43. The van der Waals surface area contributed by atoms with Gasteiger partial charge < -0.3 is 5.32 Å². The van der Waals surface area contributed by atoms with Gasteiger partial charge in [0.1, 0.15) is 0 Å². The molecule has 6 heteroatoms. The number of carbonyl (C=O) groups excluding carboxylic acids is 1. The molecule has 1 saturated carbocycles. The SMILES string of the molecule is O=C1NCCCCCN(S(=O)(=O)c2ccc3c(c2)CCC3)[C@H]2CCCC[C@@H]12. The van der Waals surface area contributed by atoms with Crippen LogP contribution in [0.25, 0.3) is 0 Å². The number of nitrogens with zero attached hydrogens (tertiary/aromatic N) is 1. The third-order valence-corrected chi connectivity index (χ3v) is 8.39. The van der Waals surface area contributed by atoms with Gasteiger partial charge >= 0.3 is 0 Å². The van der Waals surface area contributed by atoms with Gasteiger partial charge in [0, 0.05) is 19.1 Å². The third-order valence-electron chi connectivity index (χ3n) is 6.47. The minimum absolute atomic E-state index is 0.0377. The molecule has 5 nitrogen and oxygen atoms in total. The zero-order valence-corrected chi connectivity index (χ0v) is 16.8. The van der Waals surface area contributed by atoms with Crippen LogP contribution >= 0.6 is 0 Å². The summed E-state index contributed by atoms with van der Waals surface area (Å²) in [6.07, 6.45) is 9.37. The number of fused-ring (bicyclic) bond motifs is 2. The Morgan fingerprint density at radius 1 is 0.926 bits per heavy atom. The van der Waals surface area contributed by atoms with Gasteiger partial charge in [-0.1, -0.05) is 25.3 Å². The Hall–Kier alpha value is -1.40. The number of hydrogen-bond donors (Lipinski definition) is 1. The van der Waals surface area contributed by atoms with E-state index in [1.54, 1.807) is 10.4 Å². The van der Waals surface area contributed by atoms with Gasteiger partial charge in [0.15, 0.2) is 0 Å². The molecule has 0 aromatic heterocycles. The minimum atomic E-state index is -3.59. The van der Waals surface area contributed by atoms with Crippen LogP contribution in [0.5, 0.6) is 0 Å². The molecule has 27 heavy (non-hydrogen) atoms. The van der Waals surface area contributed by atoms with Crippen molar-refractivity contribution in [2.24, 2.45) is 5.92 Å². The van der Waals surface area contributed by atoms with E-state index in [1.165, 1.54) is 11.1 Å². The summed E-state index contributed by atoms with van der Waals surface area (Å²) in [5, 5.41) is 3.04. The van der Waals surface area contributed by atoms with Crippen molar-refractivity contribution >= 4 is 15.9 Å². The number of sulfonamides is 1. The van der Waals surface area contributed by atoms with Gasteiger partial charge in [-0.25, -0.2) is 8.42 Å². The molecule has 0 radical (unpaired) electrons. The summed E-state index contributed by atoms with van der Waals surface area (Å²) in [4.78, 5) is 13.1. The van der Waals surface area contributed by atoms with Gasteiger partial charge in [-0.05, 0) is 68.2 Å². The lowest BCUT2D eigenvalue weighted by Crippen LogP contribution is -2.51. The van der Waals surface area contributed by atoms with E-state index in [4.69, 9.17) is 0 Å². The zero-order chi connectivity index (χ0) is 18.9. The van der Waals surface area contributed by atoms with Crippen molar-refractivity contribution in [3.05, 3.63) is 29.3 Å². The highest BCUT2D eigenvalue weighted by atomic mass is 32.2. The van der Waals surface area contributed by atoms with Crippen LogP contribution in [0.4, 0.5) is 0 Å². The monoisotopic (exact) mass is 390 g/mol. The maximum Gasteiger partial charge on any atom is 0.243 e. The van der Waals surface area contributed by atoms with Crippen molar-refractivity contribution in [1.82, 2.24) is 9.62 Å². The molecule has 4 rings (SSSR count). The second kappa shape index (κ2) is 7.92. The average molecular weight is 391 g/mol. The summed E-state index contributed by atoms with van der Waals surface area (Å²) in [6.45, 7) is 1.23. The fourth-order valence-electron chi connectivity index (χ4n) is 4.98. The Kier molecular flexibility index (Phi) is 5.55. The fourth-order valence-corrected chi connectivity index (χ4v) is 6.76. The smallest absolute Gasteiger partial charge is 0.243 e. The Labute approximate surface area is 162 Å². The molecule has 2 atom stereocenters. The molecule has 0 bridgehead atoms. The Bertz CT molecular complexity index is 806. The average Bonchev–Trinajstić information content (AvgIpc) is 3.15. The van der Waals surface area contributed by atoms with Gasteiger partial charge in [0.2, 0.25) is 15.9 Å². The minimum Gasteiger partial charge on any atom is -0.356 e. The molecule has 148 valence electrons. The van der Waals surface area contributed by atoms with Gasteiger partial charge in [0.25, 0.3) is 0 Å². The molecule has 1 aromatic rings. The molecular formula is C21H30N2O3S. The van der Waals surface area contributed by atoms with Gasteiger partial charge in [0.05, 0.1) is 10.8 Å². The van der Waals surface area contributed by atoms with E-state index in [0.717, 1.165) is 64.2 Å². The summed E-state index contributed by atoms with van der Waals surface area (Å²) >= 11 is 0. The molecule has 1 aromatic carbocycles. The lowest BCUT2D eigenvalue weighted by atomic mass is 9.83. The predicted molar refractivity (Wildman–Crippen MR) is 105 cm³/mol. The Morgan fingerprint density at radius 2 is 1.74 bits per heavy atom. The molecule has 1 N–H and O–H groups in total. The van der Waals surface area contributed by atoms with Gasteiger partial charge in [-0.3, -0.25) is 4.79 Å². The Morgan fingerprint density at radius 3 is 2.63 bits per heavy atom. The van der Waals surface area contributed by atoms with Crippen LogP contribution in [0.15, 0.2) is 23.1 Å².